The van der Waals surface area contributed by atoms with E-state index < -0.39 is 17.2 Å². The summed E-state index contributed by atoms with van der Waals surface area (Å²) in [6.45, 7) is 1.90. The second-order valence-corrected chi connectivity index (χ2v) is 5.60. The maximum Gasteiger partial charge on any atom is 0.159 e. The number of nitrogens with two attached hydrogens (primary N) is 1. The van der Waals surface area contributed by atoms with Gasteiger partial charge in [-0.15, -0.1) is 0 Å². The second kappa shape index (κ2) is 6.22. The van der Waals surface area contributed by atoms with E-state index in [1.165, 1.54) is 6.07 Å². The molecule has 0 aliphatic rings. The molecule has 2 N–H and O–H groups in total. The van der Waals surface area contributed by atoms with Gasteiger partial charge in [-0.25, -0.2) is 8.78 Å². The molecule has 0 fully saturated rings. The van der Waals surface area contributed by atoms with Gasteiger partial charge in [-0.3, -0.25) is 0 Å². The highest BCUT2D eigenvalue weighted by atomic mass is 19.2. The van der Waals surface area contributed by atoms with E-state index in [4.69, 9.17) is 10.5 Å². The summed E-state index contributed by atoms with van der Waals surface area (Å²) in [5, 5.41) is 0. The van der Waals surface area contributed by atoms with E-state index in [1.54, 1.807) is 13.2 Å². The summed E-state index contributed by atoms with van der Waals surface area (Å²) in [5.74, 6) is -0.890. The molecule has 0 saturated carbocycles. The Kier molecular flexibility index (Phi) is 4.58. The first-order chi connectivity index (χ1) is 9.89. The molecule has 0 aromatic heterocycles. The van der Waals surface area contributed by atoms with E-state index in [1.807, 2.05) is 31.2 Å². The quantitative estimate of drug-likeness (QED) is 0.915. The highest BCUT2D eigenvalue weighted by Gasteiger charge is 2.20. The predicted molar refractivity (Wildman–Crippen MR) is 79.4 cm³/mol. The average molecular weight is 291 g/mol. The molecule has 2 rings (SSSR count). The lowest BCUT2D eigenvalue weighted by molar-refractivity contribution is 0.414. The van der Waals surface area contributed by atoms with Crippen LogP contribution in [0.25, 0.3) is 0 Å². The topological polar surface area (TPSA) is 35.2 Å². The van der Waals surface area contributed by atoms with Gasteiger partial charge in [0.05, 0.1) is 7.11 Å². The molecule has 21 heavy (non-hydrogen) atoms. The molecule has 0 radical (unpaired) electrons. The average Bonchev–Trinajstić information content (AvgIpc) is 2.43. The van der Waals surface area contributed by atoms with Gasteiger partial charge in [0.1, 0.15) is 5.75 Å². The smallest absolute Gasteiger partial charge is 0.159 e. The minimum atomic E-state index is -0.840. The predicted octanol–water partition coefficient (Wildman–Crippen LogP) is 3.48. The largest absolute Gasteiger partial charge is 0.497 e. The van der Waals surface area contributed by atoms with Crippen LogP contribution < -0.4 is 10.5 Å². The Labute approximate surface area is 123 Å². The van der Waals surface area contributed by atoms with E-state index in [0.29, 0.717) is 18.4 Å². The highest BCUT2D eigenvalue weighted by Crippen LogP contribution is 2.20. The lowest BCUT2D eigenvalue weighted by Crippen LogP contribution is -2.40. The molecule has 1 unspecified atom stereocenters. The molecule has 2 aromatic carbocycles. The van der Waals surface area contributed by atoms with Crippen LogP contribution in [0.2, 0.25) is 0 Å². The Morgan fingerprint density at radius 1 is 0.952 bits per heavy atom. The van der Waals surface area contributed by atoms with Crippen molar-refractivity contribution in [2.75, 3.05) is 7.11 Å². The number of methoxy groups -OCH3 is 1. The van der Waals surface area contributed by atoms with Crippen molar-refractivity contribution in [1.82, 2.24) is 0 Å². The highest BCUT2D eigenvalue weighted by molar-refractivity contribution is 5.29. The van der Waals surface area contributed by atoms with Crippen LogP contribution in [-0.2, 0) is 12.8 Å². The van der Waals surface area contributed by atoms with Gasteiger partial charge in [0.25, 0.3) is 0 Å². The number of hydrogen-bond donors (Lipinski definition) is 1. The standard InChI is InChI=1S/C17H19F2NO/c1-17(20,10-12-3-6-14(21-2)7-4-12)11-13-5-8-15(18)16(19)9-13/h3-9H,10-11,20H2,1-2H3. The molecule has 0 spiro atoms. The maximum atomic E-state index is 13.2. The van der Waals surface area contributed by atoms with Crippen molar-refractivity contribution in [2.24, 2.45) is 5.73 Å². The molecule has 0 aliphatic heterocycles. The van der Waals surface area contributed by atoms with Gasteiger partial charge in [-0.1, -0.05) is 18.2 Å². The molecule has 4 heteroatoms. The van der Waals surface area contributed by atoms with Crippen LogP contribution in [0.1, 0.15) is 18.1 Å². The fourth-order valence-corrected chi connectivity index (χ4v) is 2.39. The fraction of sp³-hybridized carbons (Fsp3) is 0.294. The molecule has 0 heterocycles. The molecule has 1 atom stereocenters. The van der Waals surface area contributed by atoms with Crippen LogP contribution in [0.15, 0.2) is 42.5 Å². The van der Waals surface area contributed by atoms with E-state index in [9.17, 15) is 8.78 Å². The van der Waals surface area contributed by atoms with E-state index in [2.05, 4.69) is 0 Å². The molecule has 0 bridgehead atoms. The lowest BCUT2D eigenvalue weighted by atomic mass is 9.87. The van der Waals surface area contributed by atoms with Crippen LogP contribution in [0.4, 0.5) is 8.78 Å². The molecule has 0 amide bonds. The summed E-state index contributed by atoms with van der Waals surface area (Å²) in [6, 6.07) is 11.6. The summed E-state index contributed by atoms with van der Waals surface area (Å²) in [4.78, 5) is 0. The van der Waals surface area contributed by atoms with Gasteiger partial charge >= 0.3 is 0 Å². The number of rotatable bonds is 5. The zero-order valence-corrected chi connectivity index (χ0v) is 12.2. The third-order valence-electron chi connectivity index (χ3n) is 3.36. The number of benzene rings is 2. The summed E-state index contributed by atoms with van der Waals surface area (Å²) < 4.78 is 31.3. The Morgan fingerprint density at radius 2 is 1.52 bits per heavy atom. The first-order valence-corrected chi connectivity index (χ1v) is 6.75. The van der Waals surface area contributed by atoms with Gasteiger partial charge in [-0.2, -0.15) is 0 Å². The Bertz CT molecular complexity index is 609. The van der Waals surface area contributed by atoms with Gasteiger partial charge in [0, 0.05) is 5.54 Å². The van der Waals surface area contributed by atoms with E-state index in [-0.39, 0.29) is 0 Å². The molecule has 0 aliphatic carbocycles. The Morgan fingerprint density at radius 3 is 2.10 bits per heavy atom. The van der Waals surface area contributed by atoms with E-state index >= 15 is 0 Å². The molecule has 2 aromatic rings. The lowest BCUT2D eigenvalue weighted by Gasteiger charge is -2.25. The fourth-order valence-electron chi connectivity index (χ4n) is 2.39. The third kappa shape index (κ3) is 4.26. The zero-order valence-electron chi connectivity index (χ0n) is 12.2. The summed E-state index contributed by atoms with van der Waals surface area (Å²) in [5.41, 5.74) is 7.51. The minimum Gasteiger partial charge on any atom is -0.497 e. The van der Waals surface area contributed by atoms with Crippen LogP contribution in [-0.4, -0.2) is 12.6 Å². The van der Waals surface area contributed by atoms with Gasteiger partial charge in [-0.05, 0) is 55.2 Å². The molecular formula is C17H19F2NO. The van der Waals surface area contributed by atoms with Crippen molar-refractivity contribution in [3.05, 3.63) is 65.2 Å². The summed E-state index contributed by atoms with van der Waals surface area (Å²) >= 11 is 0. The van der Waals surface area contributed by atoms with Gasteiger partial charge in [0.2, 0.25) is 0 Å². The van der Waals surface area contributed by atoms with Gasteiger partial charge in [0.15, 0.2) is 11.6 Å². The SMILES string of the molecule is COc1ccc(CC(C)(N)Cc2ccc(F)c(F)c2)cc1. The monoisotopic (exact) mass is 291 g/mol. The molecular weight excluding hydrogens is 272 g/mol. The minimum absolute atomic E-state index is 0.468. The second-order valence-electron chi connectivity index (χ2n) is 5.60. The molecule has 2 nitrogen and oxygen atoms in total. The first-order valence-electron chi connectivity index (χ1n) is 6.75. The normalized spacial score (nSPS) is 13.8. The van der Waals surface area contributed by atoms with Crippen LogP contribution in [0.5, 0.6) is 5.75 Å². The van der Waals surface area contributed by atoms with E-state index in [0.717, 1.165) is 17.4 Å². The van der Waals surface area contributed by atoms with Crippen molar-refractivity contribution in [3.8, 4) is 5.75 Å². The number of ether oxygens (including phenoxy) is 1. The zero-order chi connectivity index (χ0) is 15.5. The van der Waals surface area contributed by atoms with Crippen molar-refractivity contribution in [2.45, 2.75) is 25.3 Å². The summed E-state index contributed by atoms with van der Waals surface area (Å²) in [6.07, 6.45) is 1.10. The Balaban J connectivity index is 2.07. The van der Waals surface area contributed by atoms with Crippen LogP contribution >= 0.6 is 0 Å². The molecule has 112 valence electrons. The number of hydrogen-bond acceptors (Lipinski definition) is 2. The van der Waals surface area contributed by atoms with Crippen LogP contribution in [0.3, 0.4) is 0 Å². The maximum absolute atomic E-state index is 13.2. The van der Waals surface area contributed by atoms with Crippen LogP contribution in [0, 0.1) is 11.6 Å². The van der Waals surface area contributed by atoms with Crippen molar-refractivity contribution in [1.29, 1.82) is 0 Å². The van der Waals surface area contributed by atoms with Crippen molar-refractivity contribution in [3.63, 3.8) is 0 Å². The third-order valence-corrected chi connectivity index (χ3v) is 3.36. The molecule has 0 saturated heterocycles. The summed E-state index contributed by atoms with van der Waals surface area (Å²) in [7, 11) is 1.62. The number of halogens is 2. The van der Waals surface area contributed by atoms with Crippen molar-refractivity contribution < 1.29 is 13.5 Å². The first kappa shape index (κ1) is 15.4. The van der Waals surface area contributed by atoms with Gasteiger partial charge < -0.3 is 10.5 Å². The van der Waals surface area contributed by atoms with Crippen molar-refractivity contribution >= 4 is 0 Å². The Hall–Kier alpha value is -1.94.